The van der Waals surface area contributed by atoms with Crippen LogP contribution in [0.5, 0.6) is 0 Å². The molecule has 1 aliphatic rings. The van der Waals surface area contributed by atoms with E-state index in [2.05, 4.69) is 5.32 Å². The van der Waals surface area contributed by atoms with Gasteiger partial charge in [0.1, 0.15) is 6.04 Å². The van der Waals surface area contributed by atoms with E-state index in [0.717, 1.165) is 10.5 Å². The zero-order valence-electron chi connectivity index (χ0n) is 17.7. The van der Waals surface area contributed by atoms with Gasteiger partial charge in [0.25, 0.3) is 17.7 Å². The summed E-state index contributed by atoms with van der Waals surface area (Å²) in [6.45, 7) is -0.618. The molecule has 3 amide bonds. The van der Waals surface area contributed by atoms with Crippen molar-refractivity contribution in [3.63, 3.8) is 0 Å². The Kier molecular flexibility index (Phi) is 6.95. The van der Waals surface area contributed by atoms with Gasteiger partial charge in [-0.1, -0.05) is 65.7 Å². The minimum Gasteiger partial charge on any atom is -0.454 e. The van der Waals surface area contributed by atoms with E-state index >= 15 is 0 Å². The number of rotatable bonds is 7. The fourth-order valence-electron chi connectivity index (χ4n) is 3.61. The van der Waals surface area contributed by atoms with Crippen LogP contribution < -0.4 is 5.32 Å². The first kappa shape index (κ1) is 23.5. The number of esters is 1. The molecule has 0 fully saturated rings. The highest BCUT2D eigenvalue weighted by molar-refractivity contribution is 6.42. The van der Waals surface area contributed by atoms with Crippen molar-refractivity contribution in [1.29, 1.82) is 0 Å². The summed E-state index contributed by atoms with van der Waals surface area (Å²) in [4.78, 5) is 52.2. The second-order valence-electron chi connectivity index (χ2n) is 7.52. The van der Waals surface area contributed by atoms with Crippen molar-refractivity contribution in [2.45, 2.75) is 12.5 Å². The topological polar surface area (TPSA) is 92.8 Å². The third-order valence-electron chi connectivity index (χ3n) is 5.23. The lowest BCUT2D eigenvalue weighted by atomic mass is 10.0. The smallest absolute Gasteiger partial charge is 0.330 e. The molecule has 1 N–H and O–H groups in total. The number of ether oxygens (including phenoxy) is 1. The predicted octanol–water partition coefficient (Wildman–Crippen LogP) is 4.38. The van der Waals surface area contributed by atoms with Crippen LogP contribution >= 0.6 is 23.2 Å². The van der Waals surface area contributed by atoms with E-state index in [9.17, 15) is 19.2 Å². The molecule has 0 aromatic heterocycles. The zero-order chi connectivity index (χ0) is 24.2. The number of benzene rings is 3. The van der Waals surface area contributed by atoms with Crippen molar-refractivity contribution in [3.05, 3.63) is 99.5 Å². The Labute approximate surface area is 205 Å². The van der Waals surface area contributed by atoms with Gasteiger partial charge in [-0.05, 0) is 35.9 Å². The lowest BCUT2D eigenvalue weighted by Crippen LogP contribution is -2.47. The molecule has 0 saturated heterocycles. The number of fused-ring (bicyclic) bond motifs is 1. The molecular formula is C25H18Cl2N2O5. The highest BCUT2D eigenvalue weighted by Gasteiger charge is 2.43. The first-order chi connectivity index (χ1) is 16.3. The number of anilines is 1. The van der Waals surface area contributed by atoms with Crippen molar-refractivity contribution in [1.82, 2.24) is 4.90 Å². The lowest BCUT2D eigenvalue weighted by Gasteiger charge is -2.24. The Morgan fingerprint density at radius 3 is 2.09 bits per heavy atom. The molecule has 9 heteroatoms. The molecule has 7 nitrogen and oxygen atoms in total. The van der Waals surface area contributed by atoms with Gasteiger partial charge in [0.05, 0.1) is 21.2 Å². The molecule has 0 saturated carbocycles. The number of hydrogen-bond donors (Lipinski definition) is 1. The Bertz CT molecular complexity index is 1240. The van der Waals surface area contributed by atoms with Gasteiger partial charge in [0.15, 0.2) is 6.61 Å². The molecule has 1 aliphatic heterocycles. The molecule has 4 rings (SSSR count). The summed E-state index contributed by atoms with van der Waals surface area (Å²) in [5, 5.41) is 3.13. The van der Waals surface area contributed by atoms with Crippen LogP contribution in [0.1, 0.15) is 26.3 Å². The summed E-state index contributed by atoms with van der Waals surface area (Å²) >= 11 is 11.8. The van der Waals surface area contributed by atoms with Gasteiger partial charge in [0.2, 0.25) is 0 Å². The maximum atomic E-state index is 13.0. The van der Waals surface area contributed by atoms with Crippen molar-refractivity contribution in [2.24, 2.45) is 0 Å². The molecule has 1 heterocycles. The van der Waals surface area contributed by atoms with Crippen LogP contribution in [-0.4, -0.2) is 41.2 Å². The molecule has 0 spiro atoms. The van der Waals surface area contributed by atoms with Crippen LogP contribution in [0.2, 0.25) is 10.0 Å². The van der Waals surface area contributed by atoms with Crippen molar-refractivity contribution < 1.29 is 23.9 Å². The Balaban J connectivity index is 1.50. The maximum absolute atomic E-state index is 13.0. The van der Waals surface area contributed by atoms with Crippen molar-refractivity contribution in [3.8, 4) is 0 Å². The van der Waals surface area contributed by atoms with Gasteiger partial charge in [-0.3, -0.25) is 19.3 Å². The van der Waals surface area contributed by atoms with Gasteiger partial charge in [-0.2, -0.15) is 0 Å². The summed E-state index contributed by atoms with van der Waals surface area (Å²) in [5.74, 6) is -2.66. The molecule has 0 bridgehead atoms. The predicted molar refractivity (Wildman–Crippen MR) is 127 cm³/mol. The molecule has 1 atom stereocenters. The molecular weight excluding hydrogens is 479 g/mol. The Hall–Kier alpha value is -3.68. The van der Waals surface area contributed by atoms with Gasteiger partial charge in [-0.15, -0.1) is 0 Å². The van der Waals surface area contributed by atoms with E-state index in [1.54, 1.807) is 42.5 Å². The molecule has 3 aromatic carbocycles. The van der Waals surface area contributed by atoms with Crippen LogP contribution in [0.3, 0.4) is 0 Å². The summed E-state index contributed by atoms with van der Waals surface area (Å²) in [6, 6.07) is 18.6. The fourth-order valence-corrected chi connectivity index (χ4v) is 3.91. The number of carbonyl (C=O) groups is 4. The lowest BCUT2D eigenvalue weighted by molar-refractivity contribution is -0.151. The van der Waals surface area contributed by atoms with E-state index < -0.39 is 36.3 Å². The minimum absolute atomic E-state index is 0.0412. The molecule has 0 aliphatic carbocycles. The van der Waals surface area contributed by atoms with Crippen LogP contribution in [-0.2, 0) is 20.7 Å². The van der Waals surface area contributed by atoms with Crippen LogP contribution in [0.25, 0.3) is 0 Å². The highest BCUT2D eigenvalue weighted by Crippen LogP contribution is 2.27. The number of halogens is 2. The molecule has 0 radical (unpaired) electrons. The number of nitrogens with zero attached hydrogens (tertiary/aromatic N) is 1. The van der Waals surface area contributed by atoms with E-state index in [1.165, 1.54) is 24.3 Å². The van der Waals surface area contributed by atoms with Crippen molar-refractivity contribution in [2.75, 3.05) is 11.9 Å². The van der Waals surface area contributed by atoms with Crippen LogP contribution in [0.4, 0.5) is 5.69 Å². The van der Waals surface area contributed by atoms with Gasteiger partial charge in [0, 0.05) is 12.1 Å². The highest BCUT2D eigenvalue weighted by atomic mass is 35.5. The summed E-state index contributed by atoms with van der Waals surface area (Å²) in [7, 11) is 0. The molecule has 34 heavy (non-hydrogen) atoms. The minimum atomic E-state index is -1.24. The zero-order valence-corrected chi connectivity index (χ0v) is 19.2. The van der Waals surface area contributed by atoms with Crippen LogP contribution in [0, 0.1) is 0 Å². The third kappa shape index (κ3) is 4.95. The SMILES string of the molecule is O=C(COC(=O)[C@@H](Cc1ccccc1)N1C(=O)c2ccccc2C1=O)Nc1ccc(Cl)c(Cl)c1. The van der Waals surface area contributed by atoms with Gasteiger partial charge < -0.3 is 10.1 Å². The summed E-state index contributed by atoms with van der Waals surface area (Å²) < 4.78 is 5.22. The average Bonchev–Trinajstić information content (AvgIpc) is 3.09. The first-order valence-corrected chi connectivity index (χ1v) is 11.0. The Morgan fingerprint density at radius 2 is 1.47 bits per heavy atom. The molecule has 0 unspecified atom stereocenters. The van der Waals surface area contributed by atoms with Crippen LogP contribution in [0.15, 0.2) is 72.8 Å². The number of amides is 3. The summed E-state index contributed by atoms with van der Waals surface area (Å²) in [6.07, 6.45) is 0.0412. The van der Waals surface area contributed by atoms with Gasteiger partial charge in [-0.25, -0.2) is 4.79 Å². The largest absolute Gasteiger partial charge is 0.454 e. The van der Waals surface area contributed by atoms with E-state index in [0.29, 0.717) is 10.7 Å². The standard InChI is InChI=1S/C25H18Cl2N2O5/c26-19-11-10-16(13-20(19)27)28-22(30)14-34-25(33)21(12-15-6-2-1-3-7-15)29-23(31)17-8-4-5-9-18(17)24(29)32/h1-11,13,21H,12,14H2,(H,28,30)/t21-/m1/s1. The molecule has 3 aromatic rings. The summed E-state index contributed by atoms with van der Waals surface area (Å²) in [5.41, 5.74) is 1.53. The van der Waals surface area contributed by atoms with Gasteiger partial charge >= 0.3 is 5.97 Å². The Morgan fingerprint density at radius 1 is 0.853 bits per heavy atom. The number of carbonyl (C=O) groups excluding carboxylic acids is 4. The maximum Gasteiger partial charge on any atom is 0.330 e. The monoisotopic (exact) mass is 496 g/mol. The quantitative estimate of drug-likeness (QED) is 0.386. The number of nitrogens with one attached hydrogen (secondary N) is 1. The first-order valence-electron chi connectivity index (χ1n) is 10.3. The second kappa shape index (κ2) is 10.1. The fraction of sp³-hybridized carbons (Fsp3) is 0.120. The number of imide groups is 1. The second-order valence-corrected chi connectivity index (χ2v) is 8.33. The van der Waals surface area contributed by atoms with E-state index in [4.69, 9.17) is 27.9 Å². The van der Waals surface area contributed by atoms with E-state index in [-0.39, 0.29) is 22.6 Å². The normalized spacial score (nSPS) is 13.4. The molecule has 172 valence electrons. The third-order valence-corrected chi connectivity index (χ3v) is 5.97. The van der Waals surface area contributed by atoms with Crippen molar-refractivity contribution >= 4 is 52.6 Å². The average molecular weight is 497 g/mol. The number of hydrogen-bond acceptors (Lipinski definition) is 5. The van der Waals surface area contributed by atoms with E-state index in [1.807, 2.05) is 6.07 Å².